The van der Waals surface area contributed by atoms with Gasteiger partial charge in [0, 0.05) is 6.42 Å². The van der Waals surface area contributed by atoms with Crippen LogP contribution in [0.5, 0.6) is 5.75 Å². The summed E-state index contributed by atoms with van der Waals surface area (Å²) in [6.07, 6.45) is -2.66. The van der Waals surface area contributed by atoms with Crippen molar-refractivity contribution in [2.24, 2.45) is 5.73 Å². The molecule has 0 radical (unpaired) electrons. The van der Waals surface area contributed by atoms with Crippen LogP contribution in [0.25, 0.3) is 0 Å². The van der Waals surface area contributed by atoms with E-state index in [4.69, 9.17) is 5.73 Å². The van der Waals surface area contributed by atoms with Gasteiger partial charge in [-0.15, -0.1) is 0 Å². The third kappa shape index (κ3) is 12.7. The highest BCUT2D eigenvalue weighted by Crippen LogP contribution is 2.29. The minimum atomic E-state index is -4.64. The molecule has 5 amide bonds. The SMILES string of the molecule is CN[C@@H](CCSC)C(=O)NC(=O)[C@H](Cc1cccc(C(F)(F)F)c1)NC(=O)CNC(=O)[C@@H](C)NC(=O)[C@@H](N)Cc1ccc(O)cc1. The lowest BCUT2D eigenvalue weighted by Crippen LogP contribution is -2.55. The van der Waals surface area contributed by atoms with Gasteiger partial charge in [-0.3, -0.25) is 29.3 Å². The fourth-order valence-corrected chi connectivity index (χ4v) is 4.66. The summed E-state index contributed by atoms with van der Waals surface area (Å²) in [6, 6.07) is 5.96. The minimum absolute atomic E-state index is 0.0521. The second-order valence-electron chi connectivity index (χ2n) is 10.4. The Labute approximate surface area is 268 Å². The van der Waals surface area contributed by atoms with Crippen molar-refractivity contribution >= 4 is 41.3 Å². The van der Waals surface area contributed by atoms with Gasteiger partial charge in [-0.05, 0) is 68.1 Å². The van der Waals surface area contributed by atoms with Crippen molar-refractivity contribution in [2.75, 3.05) is 25.6 Å². The molecule has 0 aliphatic heterocycles. The molecule has 0 aliphatic rings. The van der Waals surface area contributed by atoms with Crippen LogP contribution in [0.4, 0.5) is 13.2 Å². The molecule has 46 heavy (non-hydrogen) atoms. The summed E-state index contributed by atoms with van der Waals surface area (Å²) in [4.78, 5) is 63.6. The number of thioether (sulfide) groups is 1. The maximum absolute atomic E-state index is 13.3. The first-order valence-corrected chi connectivity index (χ1v) is 15.6. The van der Waals surface area contributed by atoms with Crippen LogP contribution in [0, 0.1) is 0 Å². The van der Waals surface area contributed by atoms with Crippen LogP contribution < -0.4 is 32.3 Å². The van der Waals surface area contributed by atoms with E-state index in [0.717, 1.165) is 18.2 Å². The molecule has 0 bridgehead atoms. The summed E-state index contributed by atoms with van der Waals surface area (Å²) in [5, 5.41) is 21.5. The van der Waals surface area contributed by atoms with E-state index in [-0.39, 0.29) is 24.2 Å². The zero-order valence-corrected chi connectivity index (χ0v) is 26.4. The Hall–Kier alpha value is -4.15. The molecule has 0 aromatic heterocycles. The Morgan fingerprint density at radius 3 is 2.15 bits per heavy atom. The van der Waals surface area contributed by atoms with Crippen molar-refractivity contribution < 1.29 is 42.3 Å². The van der Waals surface area contributed by atoms with Crippen LogP contribution in [-0.2, 0) is 43.0 Å². The Morgan fingerprint density at radius 1 is 0.891 bits per heavy atom. The van der Waals surface area contributed by atoms with Gasteiger partial charge in [-0.25, -0.2) is 0 Å². The van der Waals surface area contributed by atoms with Crippen LogP contribution in [0.1, 0.15) is 30.0 Å². The first-order chi connectivity index (χ1) is 21.6. The molecule has 12 nitrogen and oxygen atoms in total. The maximum Gasteiger partial charge on any atom is 0.416 e. The van der Waals surface area contributed by atoms with Gasteiger partial charge in [-0.2, -0.15) is 24.9 Å². The molecule has 0 saturated carbocycles. The molecule has 0 spiro atoms. The third-order valence-electron chi connectivity index (χ3n) is 6.77. The van der Waals surface area contributed by atoms with E-state index in [9.17, 15) is 42.3 Å². The maximum atomic E-state index is 13.3. The molecular weight excluding hydrogens is 629 g/mol. The van der Waals surface area contributed by atoms with Gasteiger partial charge in [0.25, 0.3) is 0 Å². The lowest BCUT2D eigenvalue weighted by Gasteiger charge is -2.21. The van der Waals surface area contributed by atoms with Gasteiger partial charge in [0.1, 0.15) is 17.8 Å². The monoisotopic (exact) mass is 668 g/mol. The minimum Gasteiger partial charge on any atom is -0.508 e. The number of hydrogen-bond donors (Lipinski definition) is 7. The van der Waals surface area contributed by atoms with Crippen LogP contribution >= 0.6 is 11.8 Å². The van der Waals surface area contributed by atoms with Crippen molar-refractivity contribution in [2.45, 2.75) is 56.5 Å². The Bertz CT molecular complexity index is 1360. The third-order valence-corrected chi connectivity index (χ3v) is 7.42. The number of benzene rings is 2. The molecule has 252 valence electrons. The number of rotatable bonds is 16. The number of alkyl halides is 3. The second-order valence-corrected chi connectivity index (χ2v) is 11.4. The predicted molar refractivity (Wildman–Crippen MR) is 166 cm³/mol. The molecule has 0 saturated heterocycles. The van der Waals surface area contributed by atoms with E-state index < -0.39 is 72.0 Å². The van der Waals surface area contributed by atoms with E-state index in [1.165, 1.54) is 43.9 Å². The van der Waals surface area contributed by atoms with Gasteiger partial charge in [0.05, 0.1) is 24.2 Å². The summed E-state index contributed by atoms with van der Waals surface area (Å²) in [5.41, 5.74) is 5.72. The van der Waals surface area contributed by atoms with Crippen LogP contribution in [0.2, 0.25) is 0 Å². The number of amides is 5. The highest BCUT2D eigenvalue weighted by atomic mass is 32.2. The van der Waals surface area contributed by atoms with E-state index in [1.807, 2.05) is 6.26 Å². The zero-order valence-electron chi connectivity index (χ0n) is 25.6. The normalized spacial score (nSPS) is 13.9. The van der Waals surface area contributed by atoms with Gasteiger partial charge >= 0.3 is 6.18 Å². The molecule has 8 N–H and O–H groups in total. The molecule has 0 fully saturated rings. The van der Waals surface area contributed by atoms with Crippen LogP contribution in [-0.4, -0.2) is 84.4 Å². The average Bonchev–Trinajstić information content (AvgIpc) is 3.00. The largest absolute Gasteiger partial charge is 0.508 e. The zero-order chi connectivity index (χ0) is 34.4. The van der Waals surface area contributed by atoms with E-state index >= 15 is 0 Å². The number of imide groups is 1. The number of halogens is 3. The quantitative estimate of drug-likeness (QED) is 0.134. The fourth-order valence-electron chi connectivity index (χ4n) is 4.19. The number of carbonyl (C=O) groups excluding carboxylic acids is 5. The summed E-state index contributed by atoms with van der Waals surface area (Å²) in [5.74, 6) is -3.22. The molecule has 0 unspecified atom stereocenters. The highest BCUT2D eigenvalue weighted by molar-refractivity contribution is 7.98. The molecular formula is C30H39F3N6O6S. The van der Waals surface area contributed by atoms with Gasteiger partial charge < -0.3 is 32.1 Å². The number of phenols is 1. The summed E-state index contributed by atoms with van der Waals surface area (Å²) in [7, 11) is 1.53. The van der Waals surface area contributed by atoms with Crippen LogP contribution in [0.3, 0.4) is 0 Å². The number of likely N-dealkylation sites (N-methyl/N-ethyl adjacent to an activating group) is 1. The second kappa shape index (κ2) is 18.1. The Balaban J connectivity index is 2.04. The number of nitrogens with one attached hydrogen (secondary N) is 5. The summed E-state index contributed by atoms with van der Waals surface area (Å²) in [6.45, 7) is 0.717. The van der Waals surface area contributed by atoms with Gasteiger partial charge in [0.15, 0.2) is 0 Å². The average molecular weight is 669 g/mol. The standard InChI is InChI=1S/C30H39F3N6O6S/c1-17(37-27(43)22(34)14-18-7-9-21(40)10-8-18)26(42)36-16-25(41)38-24(15-19-5-4-6-20(13-19)30(31,32)33)29(45)39-28(44)23(35-2)11-12-46-3/h4-10,13,17,22-24,35,40H,11-12,14-16,34H2,1-3H3,(H,36,42)(H,37,43)(H,38,41)(H,39,44,45)/t17-,22+,23+,24+/m1/s1. The molecule has 2 aromatic rings. The molecule has 16 heteroatoms. The lowest BCUT2D eigenvalue weighted by molar-refractivity contribution is -0.137. The number of aromatic hydroxyl groups is 1. The lowest BCUT2D eigenvalue weighted by atomic mass is 10.0. The predicted octanol–water partition coefficient (Wildman–Crippen LogP) is 0.613. The van der Waals surface area contributed by atoms with Crippen LogP contribution in [0.15, 0.2) is 48.5 Å². The number of hydrogen-bond acceptors (Lipinski definition) is 9. The first kappa shape index (κ1) is 38.0. The van der Waals surface area contributed by atoms with Gasteiger partial charge in [0.2, 0.25) is 29.5 Å². The highest BCUT2D eigenvalue weighted by Gasteiger charge is 2.32. The summed E-state index contributed by atoms with van der Waals surface area (Å²) < 4.78 is 39.8. The smallest absolute Gasteiger partial charge is 0.416 e. The molecule has 2 rings (SSSR count). The Kier molecular flexibility index (Phi) is 15.0. The number of phenolic OH excluding ortho intramolecular Hbond substituents is 1. The van der Waals surface area contributed by atoms with E-state index in [0.29, 0.717) is 17.7 Å². The first-order valence-electron chi connectivity index (χ1n) is 14.2. The topological polar surface area (TPSA) is 192 Å². The van der Waals surface area contributed by atoms with Crippen molar-refractivity contribution in [3.8, 4) is 5.75 Å². The molecule has 0 heterocycles. The van der Waals surface area contributed by atoms with Crippen molar-refractivity contribution in [3.63, 3.8) is 0 Å². The van der Waals surface area contributed by atoms with E-state index in [1.54, 1.807) is 12.1 Å². The molecule has 0 aliphatic carbocycles. The van der Waals surface area contributed by atoms with Gasteiger partial charge in [-0.1, -0.05) is 30.3 Å². The van der Waals surface area contributed by atoms with Crippen molar-refractivity contribution in [1.82, 2.24) is 26.6 Å². The fraction of sp³-hybridized carbons (Fsp3) is 0.433. The molecule has 2 aromatic carbocycles. The van der Waals surface area contributed by atoms with E-state index in [2.05, 4.69) is 26.6 Å². The summed E-state index contributed by atoms with van der Waals surface area (Å²) >= 11 is 1.49. The van der Waals surface area contributed by atoms with Crippen molar-refractivity contribution in [1.29, 1.82) is 0 Å². The molecule has 4 atom stereocenters. The van der Waals surface area contributed by atoms with Crippen molar-refractivity contribution in [3.05, 3.63) is 65.2 Å². The number of nitrogens with two attached hydrogens (primary N) is 1. The Morgan fingerprint density at radius 2 is 1.54 bits per heavy atom. The number of carbonyl (C=O) groups is 5.